The predicted octanol–water partition coefficient (Wildman–Crippen LogP) is 3.07. The molecule has 33 heavy (non-hydrogen) atoms. The Morgan fingerprint density at radius 1 is 1.15 bits per heavy atom. The molecule has 0 aliphatic carbocycles. The van der Waals surface area contributed by atoms with Crippen molar-refractivity contribution in [3.05, 3.63) is 54.5 Å². The number of aromatic nitrogens is 2. The molecule has 12 heteroatoms. The number of epoxide rings is 1. The van der Waals surface area contributed by atoms with Crippen LogP contribution in [0.5, 0.6) is 5.75 Å². The lowest BCUT2D eigenvalue weighted by Gasteiger charge is -2.17. The second-order valence-corrected chi connectivity index (χ2v) is 8.81. The van der Waals surface area contributed by atoms with Gasteiger partial charge in [-0.25, -0.2) is 18.0 Å². The number of nitrogens with zero attached hydrogens (tertiary/aromatic N) is 2. The van der Waals surface area contributed by atoms with Gasteiger partial charge in [-0.3, -0.25) is 0 Å². The summed E-state index contributed by atoms with van der Waals surface area (Å²) in [4.78, 5) is 4.46. The highest BCUT2D eigenvalue weighted by molar-refractivity contribution is 7.86. The van der Waals surface area contributed by atoms with E-state index >= 15 is 0 Å². The first kappa shape index (κ1) is 23.2. The molecule has 1 aromatic carbocycles. The fourth-order valence-electron chi connectivity index (χ4n) is 3.19. The van der Waals surface area contributed by atoms with Crippen molar-refractivity contribution in [3.63, 3.8) is 0 Å². The average molecular weight is 484 g/mol. The molecule has 2 aliphatic heterocycles. The molecular formula is C21H19F3N2O6S. The zero-order valence-corrected chi connectivity index (χ0v) is 17.9. The van der Waals surface area contributed by atoms with E-state index in [-0.39, 0.29) is 0 Å². The maximum absolute atomic E-state index is 10.7. The monoisotopic (exact) mass is 484 g/mol. The third kappa shape index (κ3) is 5.89. The normalized spacial score (nSPS) is 17.4. The molecule has 1 atom stereocenters. The van der Waals surface area contributed by atoms with Crippen LogP contribution >= 0.6 is 0 Å². The minimum Gasteiger partial charge on any atom is -0.741 e. The van der Waals surface area contributed by atoms with E-state index in [1.54, 1.807) is 6.20 Å². The molecule has 0 bridgehead atoms. The van der Waals surface area contributed by atoms with Crippen LogP contribution in [0.2, 0.25) is 0 Å². The molecule has 4 heterocycles. The van der Waals surface area contributed by atoms with Crippen LogP contribution in [0.25, 0.3) is 22.8 Å². The SMILES string of the molecule is O=S(=O)([O-])C(F)(F)F.c1c[n+](CC2CO2)ccc1-c1cnc(-c2ccc3c(c2)CCCO3)o1. The van der Waals surface area contributed by atoms with Gasteiger partial charge < -0.3 is 18.4 Å². The number of benzene rings is 1. The summed E-state index contributed by atoms with van der Waals surface area (Å²) in [7, 11) is -6.09. The first-order chi connectivity index (χ1) is 15.6. The van der Waals surface area contributed by atoms with Gasteiger partial charge in [0.1, 0.15) is 11.9 Å². The lowest BCUT2D eigenvalue weighted by Crippen LogP contribution is -2.35. The molecule has 0 N–H and O–H groups in total. The highest BCUT2D eigenvalue weighted by atomic mass is 32.2. The molecule has 0 spiro atoms. The van der Waals surface area contributed by atoms with E-state index in [1.165, 1.54) is 5.56 Å². The van der Waals surface area contributed by atoms with Gasteiger partial charge in [-0.05, 0) is 36.6 Å². The quantitative estimate of drug-likeness (QED) is 0.242. The van der Waals surface area contributed by atoms with Crippen LogP contribution in [0, 0.1) is 0 Å². The first-order valence-electron chi connectivity index (χ1n) is 9.95. The van der Waals surface area contributed by atoms with E-state index in [2.05, 4.69) is 28.0 Å². The van der Waals surface area contributed by atoms with Crippen LogP contribution in [-0.2, 0) is 27.8 Å². The molecule has 176 valence electrons. The van der Waals surface area contributed by atoms with E-state index in [0.717, 1.165) is 55.2 Å². The van der Waals surface area contributed by atoms with E-state index < -0.39 is 15.6 Å². The number of alkyl halides is 3. The van der Waals surface area contributed by atoms with Gasteiger partial charge in [0.15, 0.2) is 34.8 Å². The Bertz CT molecular complexity index is 1220. The van der Waals surface area contributed by atoms with Crippen molar-refractivity contribution in [1.82, 2.24) is 4.98 Å². The van der Waals surface area contributed by atoms with Gasteiger partial charge in [-0.1, -0.05) is 0 Å². The Labute approximate surface area is 187 Å². The van der Waals surface area contributed by atoms with E-state index in [1.807, 2.05) is 24.3 Å². The Morgan fingerprint density at radius 3 is 2.48 bits per heavy atom. The van der Waals surface area contributed by atoms with Crippen LogP contribution in [0.4, 0.5) is 13.2 Å². The smallest absolute Gasteiger partial charge is 0.485 e. The molecule has 0 amide bonds. The lowest BCUT2D eigenvalue weighted by atomic mass is 10.0. The number of halogens is 3. The van der Waals surface area contributed by atoms with Crippen molar-refractivity contribution in [3.8, 4) is 28.5 Å². The van der Waals surface area contributed by atoms with Crippen molar-refractivity contribution in [2.24, 2.45) is 0 Å². The molecule has 2 aromatic heterocycles. The van der Waals surface area contributed by atoms with Gasteiger partial charge >= 0.3 is 5.51 Å². The number of aryl methyl sites for hydroxylation is 1. The fourth-order valence-corrected chi connectivity index (χ4v) is 3.19. The summed E-state index contributed by atoms with van der Waals surface area (Å²) in [6.07, 6.45) is 8.36. The number of fused-ring (bicyclic) bond motifs is 1. The number of rotatable bonds is 4. The Kier molecular flexibility index (Phi) is 6.41. The topological polar surface area (TPSA) is 109 Å². The number of ether oxygens (including phenoxy) is 2. The van der Waals surface area contributed by atoms with Gasteiger partial charge in [0.05, 0.1) is 19.4 Å². The standard InChI is InChI=1S/C20H19N2O3.CHF3O3S/c1-2-15-10-16(3-4-18(15)23-9-1)20-21-11-19(25-20)14-5-7-22(8-6-14)12-17-13-24-17;2-1(3,4)8(5,6)7/h3-8,10-11,17H,1-2,9,12-13H2;(H,5,6,7)/q+1;/p-1. The van der Waals surface area contributed by atoms with Crippen LogP contribution in [0.3, 0.4) is 0 Å². The molecule has 5 rings (SSSR count). The molecule has 8 nitrogen and oxygen atoms in total. The molecular weight excluding hydrogens is 465 g/mol. The Morgan fingerprint density at radius 2 is 1.85 bits per heavy atom. The zero-order chi connectivity index (χ0) is 23.6. The third-order valence-corrected chi connectivity index (χ3v) is 5.50. The van der Waals surface area contributed by atoms with Crippen molar-refractivity contribution < 1.29 is 44.6 Å². The van der Waals surface area contributed by atoms with Gasteiger partial charge in [0, 0.05) is 23.3 Å². The molecule has 1 saturated heterocycles. The highest BCUT2D eigenvalue weighted by Crippen LogP contribution is 2.31. The summed E-state index contributed by atoms with van der Waals surface area (Å²) in [5.74, 6) is 2.40. The van der Waals surface area contributed by atoms with Crippen molar-refractivity contribution >= 4 is 10.1 Å². The maximum Gasteiger partial charge on any atom is 0.485 e. The van der Waals surface area contributed by atoms with Crippen LogP contribution < -0.4 is 9.30 Å². The van der Waals surface area contributed by atoms with Crippen molar-refractivity contribution in [1.29, 1.82) is 0 Å². The first-order valence-corrected chi connectivity index (χ1v) is 11.4. The van der Waals surface area contributed by atoms with Crippen LogP contribution in [-0.4, -0.2) is 42.8 Å². The van der Waals surface area contributed by atoms with Gasteiger partial charge in [0.2, 0.25) is 5.89 Å². The zero-order valence-electron chi connectivity index (χ0n) is 17.1. The average Bonchev–Trinajstić information content (AvgIpc) is 3.44. The largest absolute Gasteiger partial charge is 0.741 e. The molecule has 2 aliphatic rings. The molecule has 0 saturated carbocycles. The lowest BCUT2D eigenvalue weighted by molar-refractivity contribution is -0.698. The summed E-state index contributed by atoms with van der Waals surface area (Å²) in [5.41, 5.74) is -2.40. The van der Waals surface area contributed by atoms with E-state index in [0.29, 0.717) is 12.0 Å². The summed E-state index contributed by atoms with van der Waals surface area (Å²) in [6, 6.07) is 10.2. The second kappa shape index (κ2) is 9.12. The Hall–Kier alpha value is -2.96. The van der Waals surface area contributed by atoms with Crippen LogP contribution in [0.1, 0.15) is 12.0 Å². The van der Waals surface area contributed by atoms with E-state index in [4.69, 9.17) is 26.9 Å². The number of oxazole rings is 1. The van der Waals surface area contributed by atoms with Gasteiger partial charge in [0.25, 0.3) is 0 Å². The highest BCUT2D eigenvalue weighted by Gasteiger charge is 2.37. The maximum atomic E-state index is 10.7. The van der Waals surface area contributed by atoms with Gasteiger partial charge in [-0.15, -0.1) is 0 Å². The van der Waals surface area contributed by atoms with Crippen LogP contribution in [0.15, 0.2) is 53.3 Å². The molecule has 1 unspecified atom stereocenters. The fraction of sp³-hybridized carbons (Fsp3) is 0.333. The minimum absolute atomic E-state index is 0.376. The minimum atomic E-state index is -6.09. The third-order valence-electron chi connectivity index (χ3n) is 4.94. The number of pyridine rings is 1. The predicted molar refractivity (Wildman–Crippen MR) is 107 cm³/mol. The number of hydrogen-bond acceptors (Lipinski definition) is 7. The summed E-state index contributed by atoms with van der Waals surface area (Å²) < 4.78 is 78.0. The van der Waals surface area contributed by atoms with Crippen molar-refractivity contribution in [2.75, 3.05) is 13.2 Å². The number of hydrogen-bond donors (Lipinski definition) is 0. The summed E-state index contributed by atoms with van der Waals surface area (Å²) >= 11 is 0. The summed E-state index contributed by atoms with van der Waals surface area (Å²) in [6.45, 7) is 2.57. The van der Waals surface area contributed by atoms with Gasteiger partial charge in [-0.2, -0.15) is 13.2 Å². The molecule has 3 aromatic rings. The second-order valence-electron chi connectivity index (χ2n) is 7.44. The molecule has 1 fully saturated rings. The van der Waals surface area contributed by atoms with E-state index in [9.17, 15) is 13.2 Å². The summed E-state index contributed by atoms with van der Waals surface area (Å²) in [5, 5.41) is 0. The Balaban J connectivity index is 0.000000281. The molecule has 0 radical (unpaired) electrons. The van der Waals surface area contributed by atoms with Crippen molar-refractivity contribution in [2.45, 2.75) is 31.0 Å².